The van der Waals surface area contributed by atoms with Crippen LogP contribution < -0.4 is 0 Å². The fourth-order valence-electron chi connectivity index (χ4n) is 2.10. The van der Waals surface area contributed by atoms with Crippen LogP contribution in [0.3, 0.4) is 0 Å². The molecule has 1 aromatic carbocycles. The van der Waals surface area contributed by atoms with Gasteiger partial charge in [0, 0.05) is 20.0 Å². The number of hydrogen-bond acceptors (Lipinski definition) is 1. The van der Waals surface area contributed by atoms with Crippen LogP contribution in [-0.4, -0.2) is 17.4 Å². The van der Waals surface area contributed by atoms with E-state index in [4.69, 9.17) is 0 Å². The first-order valence-corrected chi connectivity index (χ1v) is 6.57. The van der Waals surface area contributed by atoms with Gasteiger partial charge in [-0.15, -0.1) is 0 Å². The van der Waals surface area contributed by atoms with Crippen molar-refractivity contribution in [1.82, 2.24) is 4.90 Å². The molecule has 0 spiro atoms. The minimum atomic E-state index is 0.183. The summed E-state index contributed by atoms with van der Waals surface area (Å²) >= 11 is 0. The predicted molar refractivity (Wildman–Crippen MR) is 72.0 cm³/mol. The van der Waals surface area contributed by atoms with Crippen molar-refractivity contribution in [1.29, 1.82) is 0 Å². The van der Waals surface area contributed by atoms with Crippen molar-refractivity contribution in [3.8, 4) is 0 Å². The van der Waals surface area contributed by atoms with E-state index in [1.165, 1.54) is 16.7 Å². The maximum Gasteiger partial charge on any atom is 0.219 e. The topological polar surface area (TPSA) is 20.3 Å². The van der Waals surface area contributed by atoms with Crippen LogP contribution in [-0.2, 0) is 24.2 Å². The first-order valence-electron chi connectivity index (χ1n) is 6.57. The number of hydrogen-bond donors (Lipinski definition) is 0. The second-order valence-corrected chi connectivity index (χ2v) is 4.15. The monoisotopic (exact) mass is 233 g/mol. The van der Waals surface area contributed by atoms with Crippen molar-refractivity contribution in [2.24, 2.45) is 0 Å². The second-order valence-electron chi connectivity index (χ2n) is 4.15. The number of fused-ring (bicyclic) bond motifs is 1. The van der Waals surface area contributed by atoms with Crippen LogP contribution in [0.4, 0.5) is 0 Å². The van der Waals surface area contributed by atoms with Crippen LogP contribution in [0.5, 0.6) is 0 Å². The molecule has 0 fully saturated rings. The number of carbonyl (C=O) groups is 1. The first-order chi connectivity index (χ1) is 8.20. The number of amides is 1. The van der Waals surface area contributed by atoms with Gasteiger partial charge in [0.2, 0.25) is 5.91 Å². The molecule has 1 aliphatic rings. The minimum absolute atomic E-state index is 0.183. The summed E-state index contributed by atoms with van der Waals surface area (Å²) < 4.78 is 0. The molecule has 1 heterocycles. The summed E-state index contributed by atoms with van der Waals surface area (Å²) in [7, 11) is 0. The Balaban J connectivity index is 0.000000686. The fraction of sp³-hybridized carbons (Fsp3) is 0.533. The predicted octanol–water partition coefficient (Wildman–Crippen LogP) is 3.18. The zero-order chi connectivity index (χ0) is 12.8. The average Bonchev–Trinajstić information content (AvgIpc) is 2.39. The number of nitrogens with zero attached hydrogens (tertiary/aromatic N) is 1. The van der Waals surface area contributed by atoms with E-state index in [9.17, 15) is 4.79 Å². The summed E-state index contributed by atoms with van der Waals surface area (Å²) in [5.74, 6) is 0.183. The zero-order valence-corrected chi connectivity index (χ0v) is 11.4. The quantitative estimate of drug-likeness (QED) is 0.729. The lowest BCUT2D eigenvalue weighted by atomic mass is 9.96. The van der Waals surface area contributed by atoms with Gasteiger partial charge in [0.1, 0.15) is 0 Å². The van der Waals surface area contributed by atoms with Gasteiger partial charge in [0.25, 0.3) is 0 Å². The standard InChI is InChI=1S/C13H17NO.C2H6/c1-3-11-4-5-12-6-7-14(10(2)15)9-13(12)8-11;1-2/h4-5,8H,3,6-7,9H2,1-2H3;1-2H3. The largest absolute Gasteiger partial charge is 0.338 e. The average molecular weight is 233 g/mol. The van der Waals surface area contributed by atoms with E-state index in [0.29, 0.717) is 0 Å². The molecular weight excluding hydrogens is 210 g/mol. The molecule has 1 amide bonds. The third-order valence-electron chi connectivity index (χ3n) is 3.14. The van der Waals surface area contributed by atoms with Crippen LogP contribution in [0, 0.1) is 0 Å². The Morgan fingerprint density at radius 2 is 2.00 bits per heavy atom. The maximum atomic E-state index is 11.3. The summed E-state index contributed by atoms with van der Waals surface area (Å²) in [6.07, 6.45) is 2.06. The van der Waals surface area contributed by atoms with Crippen molar-refractivity contribution < 1.29 is 4.79 Å². The zero-order valence-electron chi connectivity index (χ0n) is 11.4. The van der Waals surface area contributed by atoms with Gasteiger partial charge < -0.3 is 4.90 Å². The van der Waals surface area contributed by atoms with Crippen molar-refractivity contribution in [3.63, 3.8) is 0 Å². The number of carbonyl (C=O) groups excluding carboxylic acids is 1. The third kappa shape index (κ3) is 3.32. The van der Waals surface area contributed by atoms with Gasteiger partial charge in [-0.1, -0.05) is 39.0 Å². The summed E-state index contributed by atoms with van der Waals surface area (Å²) in [6, 6.07) is 6.65. The molecule has 0 bridgehead atoms. The molecule has 94 valence electrons. The van der Waals surface area contributed by atoms with E-state index >= 15 is 0 Å². The van der Waals surface area contributed by atoms with E-state index in [1.54, 1.807) is 6.92 Å². The van der Waals surface area contributed by atoms with Crippen LogP contribution in [0.25, 0.3) is 0 Å². The van der Waals surface area contributed by atoms with Crippen LogP contribution in [0.2, 0.25) is 0 Å². The summed E-state index contributed by atoms with van der Waals surface area (Å²) in [5.41, 5.74) is 4.10. The first kappa shape index (κ1) is 13.8. The van der Waals surface area contributed by atoms with Gasteiger partial charge >= 0.3 is 0 Å². The molecule has 2 heteroatoms. The van der Waals surface area contributed by atoms with Gasteiger partial charge in [-0.05, 0) is 29.5 Å². The van der Waals surface area contributed by atoms with Crippen LogP contribution in [0.15, 0.2) is 18.2 Å². The minimum Gasteiger partial charge on any atom is -0.338 e. The molecule has 0 radical (unpaired) electrons. The number of aryl methyl sites for hydroxylation is 1. The molecule has 1 aromatic rings. The van der Waals surface area contributed by atoms with E-state index in [2.05, 4.69) is 25.1 Å². The van der Waals surface area contributed by atoms with E-state index in [0.717, 1.165) is 25.9 Å². The van der Waals surface area contributed by atoms with Crippen molar-refractivity contribution in [3.05, 3.63) is 34.9 Å². The number of benzene rings is 1. The highest BCUT2D eigenvalue weighted by Crippen LogP contribution is 2.20. The Kier molecular flexibility index (Phi) is 5.20. The normalized spacial score (nSPS) is 13.5. The van der Waals surface area contributed by atoms with Crippen LogP contribution in [0.1, 0.15) is 44.4 Å². The molecule has 0 saturated carbocycles. The SMILES string of the molecule is CC.CCc1ccc2c(c1)CN(C(C)=O)CC2. The summed E-state index contributed by atoms with van der Waals surface area (Å²) in [5, 5.41) is 0. The lowest BCUT2D eigenvalue weighted by Gasteiger charge is -2.28. The molecule has 0 aliphatic carbocycles. The van der Waals surface area contributed by atoms with Crippen molar-refractivity contribution >= 4 is 5.91 Å². The van der Waals surface area contributed by atoms with Crippen molar-refractivity contribution in [2.45, 2.75) is 47.1 Å². The van der Waals surface area contributed by atoms with Crippen molar-refractivity contribution in [2.75, 3.05) is 6.54 Å². The fourth-order valence-corrected chi connectivity index (χ4v) is 2.10. The van der Waals surface area contributed by atoms with Gasteiger partial charge in [0.15, 0.2) is 0 Å². The van der Waals surface area contributed by atoms with E-state index < -0.39 is 0 Å². The van der Waals surface area contributed by atoms with Gasteiger partial charge in [-0.25, -0.2) is 0 Å². The smallest absolute Gasteiger partial charge is 0.219 e. The summed E-state index contributed by atoms with van der Waals surface area (Å²) in [4.78, 5) is 13.2. The van der Waals surface area contributed by atoms with Gasteiger partial charge in [-0.3, -0.25) is 4.79 Å². The molecular formula is C15H23NO. The molecule has 2 rings (SSSR count). The maximum absolute atomic E-state index is 11.3. The molecule has 17 heavy (non-hydrogen) atoms. The van der Waals surface area contributed by atoms with E-state index in [1.807, 2.05) is 18.7 Å². The lowest BCUT2D eigenvalue weighted by molar-refractivity contribution is -0.129. The highest BCUT2D eigenvalue weighted by Gasteiger charge is 2.17. The number of rotatable bonds is 1. The second kappa shape index (κ2) is 6.43. The van der Waals surface area contributed by atoms with Gasteiger partial charge in [0.05, 0.1) is 0 Å². The highest BCUT2D eigenvalue weighted by molar-refractivity contribution is 5.73. The van der Waals surface area contributed by atoms with Gasteiger partial charge in [-0.2, -0.15) is 0 Å². The third-order valence-corrected chi connectivity index (χ3v) is 3.14. The molecule has 0 unspecified atom stereocenters. The molecule has 2 nitrogen and oxygen atoms in total. The lowest BCUT2D eigenvalue weighted by Crippen LogP contribution is -2.34. The Morgan fingerprint density at radius 1 is 1.29 bits per heavy atom. The molecule has 0 N–H and O–H groups in total. The Labute approximate surface area is 105 Å². The Bertz CT molecular complexity index is 385. The summed E-state index contributed by atoms with van der Waals surface area (Å²) in [6.45, 7) is 9.47. The Morgan fingerprint density at radius 3 is 2.59 bits per heavy atom. The van der Waals surface area contributed by atoms with Crippen LogP contribution >= 0.6 is 0 Å². The molecule has 0 saturated heterocycles. The highest BCUT2D eigenvalue weighted by atomic mass is 16.2. The Hall–Kier alpha value is -1.31. The molecule has 0 atom stereocenters. The van der Waals surface area contributed by atoms with E-state index in [-0.39, 0.29) is 5.91 Å². The molecule has 1 aliphatic heterocycles. The molecule has 0 aromatic heterocycles.